The van der Waals surface area contributed by atoms with Crippen LogP contribution < -0.4 is 10.1 Å². The van der Waals surface area contributed by atoms with Crippen LogP contribution >= 0.6 is 0 Å². The molecule has 6 heteroatoms. The predicted octanol–water partition coefficient (Wildman–Crippen LogP) is 2.46. The maximum atomic E-state index is 11.3. The lowest BCUT2D eigenvalue weighted by molar-refractivity contribution is -0.116. The standard InChI is InChI=1S/C15H12N2O4/c18-13-7-4-9-8-10(5-6-11(9)16-13)21-14-3-1-2-12(17-14)15(19)20/h1-3,5-6,8H,4,7H2,(H,16,18)(H,19,20). The summed E-state index contributed by atoms with van der Waals surface area (Å²) >= 11 is 0. The number of rotatable bonds is 3. The molecule has 0 saturated heterocycles. The molecule has 1 aromatic carbocycles. The minimum atomic E-state index is -1.10. The first-order chi connectivity index (χ1) is 10.1. The molecule has 1 aliphatic heterocycles. The van der Waals surface area contributed by atoms with Crippen LogP contribution in [-0.4, -0.2) is 22.0 Å². The number of pyridine rings is 1. The number of nitrogens with zero attached hydrogens (tertiary/aromatic N) is 1. The van der Waals surface area contributed by atoms with E-state index in [4.69, 9.17) is 9.84 Å². The lowest BCUT2D eigenvalue weighted by Gasteiger charge is -2.17. The van der Waals surface area contributed by atoms with Gasteiger partial charge in [0.05, 0.1) is 0 Å². The van der Waals surface area contributed by atoms with E-state index in [1.807, 2.05) is 6.07 Å². The first-order valence-corrected chi connectivity index (χ1v) is 6.43. The van der Waals surface area contributed by atoms with Gasteiger partial charge in [0.15, 0.2) is 5.69 Å². The molecule has 0 saturated carbocycles. The lowest BCUT2D eigenvalue weighted by atomic mass is 10.0. The average Bonchev–Trinajstić information content (AvgIpc) is 2.48. The maximum absolute atomic E-state index is 11.3. The Bertz CT molecular complexity index is 727. The number of aromatic nitrogens is 1. The zero-order valence-electron chi connectivity index (χ0n) is 11.0. The average molecular weight is 284 g/mol. The molecule has 1 aromatic heterocycles. The van der Waals surface area contributed by atoms with E-state index < -0.39 is 5.97 Å². The highest BCUT2D eigenvalue weighted by Crippen LogP contribution is 2.29. The normalized spacial score (nSPS) is 13.2. The zero-order valence-corrected chi connectivity index (χ0v) is 11.0. The third-order valence-electron chi connectivity index (χ3n) is 3.14. The molecule has 0 spiro atoms. The van der Waals surface area contributed by atoms with E-state index in [2.05, 4.69) is 10.3 Å². The molecular formula is C15H12N2O4. The number of carbonyl (C=O) groups excluding carboxylic acids is 1. The van der Waals surface area contributed by atoms with Crippen molar-refractivity contribution in [3.8, 4) is 11.6 Å². The first kappa shape index (κ1) is 13.1. The van der Waals surface area contributed by atoms with Crippen LogP contribution in [-0.2, 0) is 11.2 Å². The predicted molar refractivity (Wildman–Crippen MR) is 74.7 cm³/mol. The molecule has 0 fully saturated rings. The quantitative estimate of drug-likeness (QED) is 0.903. The summed E-state index contributed by atoms with van der Waals surface area (Å²) < 4.78 is 5.57. The molecule has 0 bridgehead atoms. The molecule has 0 aliphatic carbocycles. The number of carbonyl (C=O) groups is 2. The summed E-state index contributed by atoms with van der Waals surface area (Å²) in [6.45, 7) is 0. The van der Waals surface area contributed by atoms with Gasteiger partial charge < -0.3 is 15.2 Å². The molecule has 6 nitrogen and oxygen atoms in total. The molecule has 106 valence electrons. The van der Waals surface area contributed by atoms with Crippen molar-refractivity contribution in [2.45, 2.75) is 12.8 Å². The number of amides is 1. The van der Waals surface area contributed by atoms with Crippen LogP contribution in [0.3, 0.4) is 0 Å². The third-order valence-corrected chi connectivity index (χ3v) is 3.14. The van der Waals surface area contributed by atoms with E-state index >= 15 is 0 Å². The Morgan fingerprint density at radius 3 is 2.90 bits per heavy atom. The summed E-state index contributed by atoms with van der Waals surface area (Å²) in [5.41, 5.74) is 1.70. The van der Waals surface area contributed by atoms with Gasteiger partial charge in [-0.15, -0.1) is 0 Å². The van der Waals surface area contributed by atoms with Crippen molar-refractivity contribution in [1.82, 2.24) is 4.98 Å². The second-order valence-corrected chi connectivity index (χ2v) is 4.64. The summed E-state index contributed by atoms with van der Waals surface area (Å²) in [6, 6.07) is 9.86. The number of anilines is 1. The second kappa shape index (κ2) is 5.24. The Morgan fingerprint density at radius 1 is 1.24 bits per heavy atom. The molecule has 21 heavy (non-hydrogen) atoms. The Hall–Kier alpha value is -2.89. The van der Waals surface area contributed by atoms with Crippen LogP contribution in [0.25, 0.3) is 0 Å². The fourth-order valence-electron chi connectivity index (χ4n) is 2.13. The van der Waals surface area contributed by atoms with Crippen LogP contribution in [0.5, 0.6) is 11.6 Å². The Balaban J connectivity index is 1.84. The van der Waals surface area contributed by atoms with E-state index in [1.165, 1.54) is 6.07 Å². The lowest BCUT2D eigenvalue weighted by Crippen LogP contribution is -2.18. The number of nitrogens with one attached hydrogen (secondary N) is 1. The summed E-state index contributed by atoms with van der Waals surface area (Å²) in [6.07, 6.45) is 1.10. The molecule has 0 unspecified atom stereocenters. The summed E-state index contributed by atoms with van der Waals surface area (Å²) in [4.78, 5) is 26.1. The highest BCUT2D eigenvalue weighted by molar-refractivity contribution is 5.94. The number of benzene rings is 1. The van der Waals surface area contributed by atoms with Gasteiger partial charge in [-0.25, -0.2) is 9.78 Å². The number of hydrogen-bond donors (Lipinski definition) is 2. The van der Waals surface area contributed by atoms with E-state index in [9.17, 15) is 9.59 Å². The smallest absolute Gasteiger partial charge is 0.354 e. The van der Waals surface area contributed by atoms with Crippen LogP contribution in [0.2, 0.25) is 0 Å². The van der Waals surface area contributed by atoms with E-state index in [0.29, 0.717) is 18.6 Å². The van der Waals surface area contributed by atoms with Crippen LogP contribution in [0.4, 0.5) is 5.69 Å². The highest BCUT2D eigenvalue weighted by Gasteiger charge is 2.15. The number of carboxylic acids is 1. The van der Waals surface area contributed by atoms with Crippen molar-refractivity contribution in [2.24, 2.45) is 0 Å². The van der Waals surface area contributed by atoms with Crippen LogP contribution in [0.1, 0.15) is 22.5 Å². The first-order valence-electron chi connectivity index (χ1n) is 6.43. The number of aromatic carboxylic acids is 1. The fraction of sp³-hybridized carbons (Fsp3) is 0.133. The van der Waals surface area contributed by atoms with Gasteiger partial charge in [0.25, 0.3) is 0 Å². The summed E-state index contributed by atoms with van der Waals surface area (Å²) in [5.74, 6) is -0.324. The van der Waals surface area contributed by atoms with Crippen LogP contribution in [0, 0.1) is 0 Å². The minimum Gasteiger partial charge on any atom is -0.477 e. The van der Waals surface area contributed by atoms with Gasteiger partial charge in [-0.1, -0.05) is 6.07 Å². The van der Waals surface area contributed by atoms with Gasteiger partial charge in [0, 0.05) is 18.2 Å². The van der Waals surface area contributed by atoms with Crippen molar-refractivity contribution in [2.75, 3.05) is 5.32 Å². The Kier molecular flexibility index (Phi) is 3.27. The molecule has 3 rings (SSSR count). The number of carboxylic acid groups (broad SMARTS) is 1. The van der Waals surface area contributed by atoms with Gasteiger partial charge in [-0.2, -0.15) is 0 Å². The fourth-order valence-corrected chi connectivity index (χ4v) is 2.13. The maximum Gasteiger partial charge on any atom is 0.354 e. The number of fused-ring (bicyclic) bond motifs is 1. The topological polar surface area (TPSA) is 88.5 Å². The molecular weight excluding hydrogens is 272 g/mol. The van der Waals surface area contributed by atoms with Gasteiger partial charge in [0.2, 0.25) is 11.8 Å². The van der Waals surface area contributed by atoms with Crippen molar-refractivity contribution < 1.29 is 19.4 Å². The van der Waals surface area contributed by atoms with E-state index in [0.717, 1.165) is 11.3 Å². The van der Waals surface area contributed by atoms with Crippen molar-refractivity contribution in [3.63, 3.8) is 0 Å². The third kappa shape index (κ3) is 2.84. The second-order valence-electron chi connectivity index (χ2n) is 4.64. The number of aryl methyl sites for hydroxylation is 1. The Labute approximate surface area is 120 Å². The molecule has 2 heterocycles. The monoisotopic (exact) mass is 284 g/mol. The van der Waals surface area contributed by atoms with Crippen molar-refractivity contribution in [3.05, 3.63) is 47.7 Å². The van der Waals surface area contributed by atoms with Crippen molar-refractivity contribution >= 4 is 17.6 Å². The van der Waals surface area contributed by atoms with Gasteiger partial charge in [-0.3, -0.25) is 4.79 Å². The molecule has 0 radical (unpaired) electrons. The molecule has 2 aromatic rings. The van der Waals surface area contributed by atoms with E-state index in [1.54, 1.807) is 24.3 Å². The van der Waals surface area contributed by atoms with E-state index in [-0.39, 0.29) is 17.5 Å². The number of ether oxygens (including phenoxy) is 1. The SMILES string of the molecule is O=C1CCc2cc(Oc3cccc(C(=O)O)n3)ccc2N1. The molecule has 0 atom stereocenters. The number of hydrogen-bond acceptors (Lipinski definition) is 4. The summed E-state index contributed by atoms with van der Waals surface area (Å²) in [7, 11) is 0. The molecule has 2 N–H and O–H groups in total. The molecule has 1 aliphatic rings. The Morgan fingerprint density at radius 2 is 2.10 bits per heavy atom. The largest absolute Gasteiger partial charge is 0.477 e. The summed E-state index contributed by atoms with van der Waals surface area (Å²) in [5, 5.41) is 11.7. The van der Waals surface area contributed by atoms with Gasteiger partial charge >= 0.3 is 5.97 Å². The molecule has 1 amide bonds. The van der Waals surface area contributed by atoms with Gasteiger partial charge in [-0.05, 0) is 36.2 Å². The van der Waals surface area contributed by atoms with Gasteiger partial charge in [0.1, 0.15) is 5.75 Å². The van der Waals surface area contributed by atoms with Crippen LogP contribution in [0.15, 0.2) is 36.4 Å². The zero-order chi connectivity index (χ0) is 14.8. The van der Waals surface area contributed by atoms with Crippen molar-refractivity contribution in [1.29, 1.82) is 0 Å². The minimum absolute atomic E-state index is 0.00648. The highest BCUT2D eigenvalue weighted by atomic mass is 16.5.